The van der Waals surface area contributed by atoms with E-state index in [4.69, 9.17) is 5.73 Å². The SMILES string of the molecule is CN(Cc1cccc(Br)c1)CC(C)(C)CN. The molecular weight excluding hydrogens is 264 g/mol. The van der Waals surface area contributed by atoms with Gasteiger partial charge >= 0.3 is 0 Å². The van der Waals surface area contributed by atoms with Gasteiger partial charge in [0.15, 0.2) is 0 Å². The molecule has 0 unspecified atom stereocenters. The van der Waals surface area contributed by atoms with Crippen molar-refractivity contribution >= 4 is 15.9 Å². The summed E-state index contributed by atoms with van der Waals surface area (Å²) >= 11 is 3.49. The number of hydrogen-bond donors (Lipinski definition) is 1. The van der Waals surface area contributed by atoms with E-state index < -0.39 is 0 Å². The predicted molar refractivity (Wildman–Crippen MR) is 73.3 cm³/mol. The third-order valence-corrected chi connectivity index (χ3v) is 3.09. The van der Waals surface area contributed by atoms with E-state index in [1.54, 1.807) is 0 Å². The monoisotopic (exact) mass is 284 g/mol. The van der Waals surface area contributed by atoms with Crippen LogP contribution in [0.15, 0.2) is 28.7 Å². The molecule has 16 heavy (non-hydrogen) atoms. The van der Waals surface area contributed by atoms with E-state index in [0.717, 1.165) is 24.1 Å². The van der Waals surface area contributed by atoms with Crippen LogP contribution in [-0.4, -0.2) is 25.0 Å². The molecule has 1 rings (SSSR count). The van der Waals surface area contributed by atoms with Gasteiger partial charge in [-0.3, -0.25) is 0 Å². The van der Waals surface area contributed by atoms with Gasteiger partial charge in [0.05, 0.1) is 0 Å². The van der Waals surface area contributed by atoms with Crippen molar-refractivity contribution in [3.8, 4) is 0 Å². The molecule has 0 aromatic heterocycles. The smallest absolute Gasteiger partial charge is 0.0231 e. The van der Waals surface area contributed by atoms with Gasteiger partial charge in [-0.25, -0.2) is 0 Å². The summed E-state index contributed by atoms with van der Waals surface area (Å²) in [5.74, 6) is 0. The average Bonchev–Trinajstić information content (AvgIpc) is 2.16. The van der Waals surface area contributed by atoms with Crippen molar-refractivity contribution in [1.29, 1.82) is 0 Å². The molecule has 2 nitrogen and oxygen atoms in total. The fourth-order valence-electron chi connectivity index (χ4n) is 1.80. The van der Waals surface area contributed by atoms with E-state index in [2.05, 4.69) is 59.9 Å². The van der Waals surface area contributed by atoms with Crippen LogP contribution in [0.1, 0.15) is 19.4 Å². The van der Waals surface area contributed by atoms with Gasteiger partial charge in [0.1, 0.15) is 0 Å². The Bertz CT molecular complexity index is 336. The molecule has 0 saturated heterocycles. The summed E-state index contributed by atoms with van der Waals surface area (Å²) in [5.41, 5.74) is 7.24. The number of hydrogen-bond acceptors (Lipinski definition) is 2. The maximum absolute atomic E-state index is 5.74. The van der Waals surface area contributed by atoms with Gasteiger partial charge in [-0.15, -0.1) is 0 Å². The summed E-state index contributed by atoms with van der Waals surface area (Å²) in [6.07, 6.45) is 0. The molecule has 0 fully saturated rings. The van der Waals surface area contributed by atoms with Gasteiger partial charge in [0.2, 0.25) is 0 Å². The fourth-order valence-corrected chi connectivity index (χ4v) is 2.24. The van der Waals surface area contributed by atoms with E-state index in [1.165, 1.54) is 5.56 Å². The van der Waals surface area contributed by atoms with Crippen LogP contribution in [0, 0.1) is 5.41 Å². The zero-order valence-electron chi connectivity index (χ0n) is 10.3. The van der Waals surface area contributed by atoms with Crippen LogP contribution in [0.2, 0.25) is 0 Å². The van der Waals surface area contributed by atoms with Crippen LogP contribution in [0.25, 0.3) is 0 Å². The van der Waals surface area contributed by atoms with E-state index in [9.17, 15) is 0 Å². The number of rotatable bonds is 5. The molecule has 0 atom stereocenters. The highest BCUT2D eigenvalue weighted by atomic mass is 79.9. The molecule has 0 amide bonds. The normalized spacial score (nSPS) is 12.1. The van der Waals surface area contributed by atoms with Crippen LogP contribution >= 0.6 is 15.9 Å². The van der Waals surface area contributed by atoms with Gasteiger partial charge in [0.25, 0.3) is 0 Å². The quantitative estimate of drug-likeness (QED) is 0.901. The predicted octanol–water partition coefficient (Wildman–Crippen LogP) is 2.87. The Labute approximate surface area is 107 Å². The van der Waals surface area contributed by atoms with Gasteiger partial charge in [-0.05, 0) is 36.7 Å². The first-order chi connectivity index (χ1) is 7.43. The Balaban J connectivity index is 2.55. The lowest BCUT2D eigenvalue weighted by molar-refractivity contribution is 0.210. The minimum Gasteiger partial charge on any atom is -0.330 e. The molecule has 1 aromatic carbocycles. The highest BCUT2D eigenvalue weighted by Gasteiger charge is 2.17. The van der Waals surface area contributed by atoms with Crippen LogP contribution in [0.3, 0.4) is 0 Å². The number of nitrogens with two attached hydrogens (primary N) is 1. The van der Waals surface area contributed by atoms with Crippen molar-refractivity contribution in [2.24, 2.45) is 11.1 Å². The first-order valence-corrected chi connectivity index (χ1v) is 6.35. The number of nitrogens with zero attached hydrogens (tertiary/aromatic N) is 1. The Morgan fingerprint density at radius 1 is 1.38 bits per heavy atom. The van der Waals surface area contributed by atoms with E-state index in [-0.39, 0.29) is 5.41 Å². The second-order valence-corrected chi connectivity index (χ2v) is 6.09. The van der Waals surface area contributed by atoms with Crippen LogP contribution in [0.5, 0.6) is 0 Å². The third kappa shape index (κ3) is 4.64. The van der Waals surface area contributed by atoms with Crippen LogP contribution in [0.4, 0.5) is 0 Å². The molecule has 3 heteroatoms. The van der Waals surface area contributed by atoms with Crippen molar-refractivity contribution in [3.63, 3.8) is 0 Å². The molecule has 90 valence electrons. The molecule has 0 spiro atoms. The Morgan fingerprint density at radius 3 is 2.62 bits per heavy atom. The summed E-state index contributed by atoms with van der Waals surface area (Å²) in [6.45, 7) is 7.09. The maximum Gasteiger partial charge on any atom is 0.0231 e. The highest BCUT2D eigenvalue weighted by Crippen LogP contribution is 2.17. The zero-order chi connectivity index (χ0) is 12.2. The molecule has 0 aliphatic carbocycles. The summed E-state index contributed by atoms with van der Waals surface area (Å²) in [7, 11) is 2.14. The van der Waals surface area contributed by atoms with E-state index in [0.29, 0.717) is 0 Å². The Kier molecular flexibility index (Phi) is 4.96. The van der Waals surface area contributed by atoms with Crippen molar-refractivity contribution in [2.75, 3.05) is 20.1 Å². The van der Waals surface area contributed by atoms with Crippen LogP contribution in [-0.2, 0) is 6.54 Å². The molecule has 0 radical (unpaired) electrons. The summed E-state index contributed by atoms with van der Waals surface area (Å²) in [5, 5.41) is 0. The molecule has 2 N–H and O–H groups in total. The molecule has 0 saturated carbocycles. The number of halogens is 1. The molecule has 1 aromatic rings. The average molecular weight is 285 g/mol. The fraction of sp³-hybridized carbons (Fsp3) is 0.538. The number of benzene rings is 1. The Hall–Kier alpha value is -0.380. The summed E-state index contributed by atoms with van der Waals surface area (Å²) in [6, 6.07) is 8.43. The summed E-state index contributed by atoms with van der Waals surface area (Å²) in [4.78, 5) is 2.31. The van der Waals surface area contributed by atoms with Crippen molar-refractivity contribution in [3.05, 3.63) is 34.3 Å². The molecule has 0 aliphatic rings. The van der Waals surface area contributed by atoms with Gasteiger partial charge in [-0.2, -0.15) is 0 Å². The second-order valence-electron chi connectivity index (χ2n) is 5.17. The minimum atomic E-state index is 0.181. The highest BCUT2D eigenvalue weighted by molar-refractivity contribution is 9.10. The maximum atomic E-state index is 5.74. The Morgan fingerprint density at radius 2 is 2.06 bits per heavy atom. The second kappa shape index (κ2) is 5.80. The topological polar surface area (TPSA) is 29.3 Å². The lowest BCUT2D eigenvalue weighted by atomic mass is 9.93. The van der Waals surface area contributed by atoms with Gasteiger partial charge in [0, 0.05) is 17.6 Å². The van der Waals surface area contributed by atoms with Gasteiger partial charge in [-0.1, -0.05) is 41.9 Å². The first-order valence-electron chi connectivity index (χ1n) is 5.56. The largest absolute Gasteiger partial charge is 0.330 e. The minimum absolute atomic E-state index is 0.181. The van der Waals surface area contributed by atoms with Crippen molar-refractivity contribution in [1.82, 2.24) is 4.90 Å². The zero-order valence-corrected chi connectivity index (χ0v) is 11.9. The van der Waals surface area contributed by atoms with Crippen molar-refractivity contribution < 1.29 is 0 Å². The lowest BCUT2D eigenvalue weighted by Gasteiger charge is -2.29. The molecule has 0 aliphatic heterocycles. The van der Waals surface area contributed by atoms with E-state index in [1.807, 2.05) is 6.07 Å². The third-order valence-electron chi connectivity index (χ3n) is 2.59. The molecule has 0 bridgehead atoms. The standard InChI is InChI=1S/C13H21BrN2/c1-13(2,9-15)10-16(3)8-11-5-4-6-12(14)7-11/h4-7H,8-10,15H2,1-3H3. The van der Waals surface area contributed by atoms with Gasteiger partial charge < -0.3 is 10.6 Å². The van der Waals surface area contributed by atoms with Crippen molar-refractivity contribution in [2.45, 2.75) is 20.4 Å². The molecular formula is C13H21BrN2. The lowest BCUT2D eigenvalue weighted by Crippen LogP contribution is -2.36. The first kappa shape index (κ1) is 13.7. The summed E-state index contributed by atoms with van der Waals surface area (Å²) < 4.78 is 1.14. The molecule has 0 heterocycles. The van der Waals surface area contributed by atoms with Crippen LogP contribution < -0.4 is 5.73 Å². The van der Waals surface area contributed by atoms with E-state index >= 15 is 0 Å².